The van der Waals surface area contributed by atoms with Gasteiger partial charge in [0.2, 0.25) is 5.79 Å². The lowest BCUT2D eigenvalue weighted by Gasteiger charge is -2.60. The van der Waals surface area contributed by atoms with Crippen molar-refractivity contribution in [3.05, 3.63) is 34.9 Å². The van der Waals surface area contributed by atoms with Crippen LogP contribution in [0.5, 0.6) is 0 Å². The monoisotopic (exact) mass is 422 g/mol. The highest BCUT2D eigenvalue weighted by molar-refractivity contribution is 6.30. The van der Waals surface area contributed by atoms with Gasteiger partial charge in [0, 0.05) is 23.3 Å². The van der Waals surface area contributed by atoms with E-state index in [9.17, 15) is 5.11 Å². The maximum atomic E-state index is 10.9. The molecule has 8 atom stereocenters. The number of aliphatic hydroxyl groups excluding tert-OH is 1. The Hall–Kier alpha value is -0.690. The number of hydrogen-bond acceptors (Lipinski definition) is 5. The molecule has 1 aromatic rings. The molecule has 4 heterocycles. The van der Waals surface area contributed by atoms with Crippen molar-refractivity contribution >= 4 is 11.6 Å². The Morgan fingerprint density at radius 1 is 1.17 bits per heavy atom. The van der Waals surface area contributed by atoms with E-state index in [1.165, 1.54) is 5.56 Å². The van der Waals surface area contributed by atoms with E-state index < -0.39 is 24.0 Å². The van der Waals surface area contributed by atoms with Crippen LogP contribution in [0.15, 0.2) is 24.3 Å². The van der Waals surface area contributed by atoms with Crippen LogP contribution in [0.1, 0.15) is 57.9 Å². The van der Waals surface area contributed by atoms with Crippen LogP contribution in [0.4, 0.5) is 0 Å². The average Bonchev–Trinajstić information content (AvgIpc) is 2.91. The smallest absolute Gasteiger partial charge is 0.201 e. The topological polar surface area (TPSA) is 57.2 Å². The van der Waals surface area contributed by atoms with Gasteiger partial charge in [-0.05, 0) is 75.0 Å². The molecule has 1 aromatic carbocycles. The van der Waals surface area contributed by atoms with Crippen molar-refractivity contribution in [3.63, 3.8) is 0 Å². The minimum absolute atomic E-state index is 0.00934. The van der Waals surface area contributed by atoms with Gasteiger partial charge >= 0.3 is 0 Å². The maximum absolute atomic E-state index is 10.9. The molecular formula is C23H31ClO5. The van der Waals surface area contributed by atoms with E-state index in [2.05, 4.69) is 13.0 Å². The summed E-state index contributed by atoms with van der Waals surface area (Å²) in [5, 5.41) is 11.7. The van der Waals surface area contributed by atoms with Gasteiger partial charge in [0.25, 0.3) is 0 Å². The van der Waals surface area contributed by atoms with Crippen molar-refractivity contribution in [1.82, 2.24) is 0 Å². The molecule has 5 nitrogen and oxygen atoms in total. The first-order valence-electron chi connectivity index (χ1n) is 11.0. The Morgan fingerprint density at radius 2 is 2.03 bits per heavy atom. The third-order valence-electron chi connectivity index (χ3n) is 7.81. The van der Waals surface area contributed by atoms with Gasteiger partial charge in [-0.15, -0.1) is 0 Å². The second-order valence-corrected chi connectivity index (χ2v) is 10.1. The molecule has 0 radical (unpaired) electrons. The number of hydrogen-bond donors (Lipinski definition) is 1. The molecule has 1 spiro atoms. The molecule has 0 amide bonds. The van der Waals surface area contributed by atoms with Gasteiger partial charge in [0.1, 0.15) is 0 Å². The molecular weight excluding hydrogens is 392 g/mol. The van der Waals surface area contributed by atoms with Gasteiger partial charge in [-0.3, -0.25) is 0 Å². The van der Waals surface area contributed by atoms with Crippen molar-refractivity contribution < 1.29 is 24.4 Å². The van der Waals surface area contributed by atoms with Gasteiger partial charge in [-0.2, -0.15) is 0 Å². The number of fused-ring (bicyclic) bond motifs is 2. The van der Waals surface area contributed by atoms with Crippen LogP contribution in [0.3, 0.4) is 0 Å². The number of halogens is 1. The Bertz CT molecular complexity index is 759. The van der Waals surface area contributed by atoms with Gasteiger partial charge in [-0.25, -0.2) is 9.78 Å². The average molecular weight is 423 g/mol. The van der Waals surface area contributed by atoms with E-state index in [-0.39, 0.29) is 11.8 Å². The van der Waals surface area contributed by atoms with Crippen LogP contribution >= 0.6 is 11.6 Å². The highest BCUT2D eigenvalue weighted by atomic mass is 35.5. The Kier molecular flexibility index (Phi) is 5.21. The summed E-state index contributed by atoms with van der Waals surface area (Å²) >= 11 is 6.12. The Labute approximate surface area is 177 Å². The summed E-state index contributed by atoms with van der Waals surface area (Å²) in [6.45, 7) is 4.21. The molecule has 4 saturated heterocycles. The highest BCUT2D eigenvalue weighted by Crippen LogP contribution is 2.60. The molecule has 6 rings (SSSR count). The predicted molar refractivity (Wildman–Crippen MR) is 108 cm³/mol. The van der Waals surface area contributed by atoms with Crippen LogP contribution in [-0.4, -0.2) is 29.1 Å². The summed E-state index contributed by atoms with van der Waals surface area (Å²) in [7, 11) is 0. The quantitative estimate of drug-likeness (QED) is 0.703. The standard InChI is InChI=1S/C23H31ClO5/c1-14-9-10-19-17(8-4-6-15-5-3-7-16(24)13-15)20(25)26-21-23(19)18(14)11-12-22(2,27-21)28-29-23/h3,5,7,13-14,17-21,25H,4,6,8-12H2,1-2H3/t14-,17-,18+,19+,20-,21-,22+,23-/m1/s1. The molecule has 29 heavy (non-hydrogen) atoms. The number of benzene rings is 1. The fraction of sp³-hybridized carbons (Fsp3) is 0.739. The molecule has 1 saturated carbocycles. The van der Waals surface area contributed by atoms with Gasteiger partial charge in [-0.1, -0.05) is 30.7 Å². The third kappa shape index (κ3) is 3.35. The fourth-order valence-corrected chi connectivity index (χ4v) is 6.53. The van der Waals surface area contributed by atoms with E-state index in [0.717, 1.165) is 50.0 Å². The van der Waals surface area contributed by atoms with Crippen molar-refractivity contribution in [2.45, 2.75) is 82.8 Å². The van der Waals surface area contributed by atoms with Crippen LogP contribution < -0.4 is 0 Å². The van der Waals surface area contributed by atoms with Crippen LogP contribution in [0, 0.1) is 23.7 Å². The minimum atomic E-state index is -0.837. The first-order chi connectivity index (χ1) is 13.9. The summed E-state index contributed by atoms with van der Waals surface area (Å²) < 4.78 is 12.3. The summed E-state index contributed by atoms with van der Waals surface area (Å²) in [6, 6.07) is 8.00. The predicted octanol–water partition coefficient (Wildman–Crippen LogP) is 4.84. The van der Waals surface area contributed by atoms with E-state index in [1.54, 1.807) is 0 Å². The second kappa shape index (κ2) is 7.47. The zero-order valence-electron chi connectivity index (χ0n) is 17.2. The van der Waals surface area contributed by atoms with Crippen LogP contribution in [0.25, 0.3) is 0 Å². The number of aliphatic hydroxyl groups is 1. The molecule has 5 fully saturated rings. The number of ether oxygens (including phenoxy) is 2. The van der Waals surface area contributed by atoms with Crippen molar-refractivity contribution in [1.29, 1.82) is 0 Å². The van der Waals surface area contributed by atoms with Crippen molar-refractivity contribution in [2.75, 3.05) is 0 Å². The molecule has 1 aliphatic carbocycles. The summed E-state index contributed by atoms with van der Waals surface area (Å²) in [5.74, 6) is 0.219. The van der Waals surface area contributed by atoms with E-state index in [0.29, 0.717) is 11.8 Å². The number of aryl methyl sites for hydroxylation is 1. The summed E-state index contributed by atoms with van der Waals surface area (Å²) in [4.78, 5) is 12.0. The van der Waals surface area contributed by atoms with E-state index >= 15 is 0 Å². The molecule has 6 heteroatoms. The highest BCUT2D eigenvalue weighted by Gasteiger charge is 2.69. The summed E-state index contributed by atoms with van der Waals surface area (Å²) in [6.07, 6.45) is 5.28. The first kappa shape index (κ1) is 20.2. The zero-order chi connectivity index (χ0) is 20.2. The fourth-order valence-electron chi connectivity index (χ4n) is 6.32. The Morgan fingerprint density at radius 3 is 2.86 bits per heavy atom. The van der Waals surface area contributed by atoms with E-state index in [4.69, 9.17) is 30.8 Å². The van der Waals surface area contributed by atoms with Gasteiger partial charge < -0.3 is 14.6 Å². The molecule has 1 N–H and O–H groups in total. The molecule has 160 valence electrons. The van der Waals surface area contributed by atoms with Gasteiger partial charge in [0.05, 0.1) is 0 Å². The molecule has 0 aromatic heterocycles. The number of rotatable bonds is 4. The third-order valence-corrected chi connectivity index (χ3v) is 8.05. The SMILES string of the molecule is C[C@@H]1CC[C@H]2[C@@H](CCCc3cccc(Cl)c3)[C@H](O)O[C@@H]3O[C@]4(C)CC[C@@H]1[C@]32OO4. The summed E-state index contributed by atoms with van der Waals surface area (Å²) in [5.41, 5.74) is 0.605. The largest absolute Gasteiger partial charge is 0.368 e. The lowest BCUT2D eigenvalue weighted by molar-refractivity contribution is -0.577. The normalized spacial score (nSPS) is 46.2. The maximum Gasteiger partial charge on any atom is 0.201 e. The minimum Gasteiger partial charge on any atom is -0.368 e. The van der Waals surface area contributed by atoms with Gasteiger partial charge in [0.15, 0.2) is 18.2 Å². The lowest BCUT2D eigenvalue weighted by atomic mass is 9.57. The van der Waals surface area contributed by atoms with E-state index in [1.807, 2.05) is 25.1 Å². The molecule has 0 unspecified atom stereocenters. The van der Waals surface area contributed by atoms with Crippen molar-refractivity contribution in [2.24, 2.45) is 23.7 Å². The second-order valence-electron chi connectivity index (χ2n) is 9.62. The van der Waals surface area contributed by atoms with Crippen LogP contribution in [0.2, 0.25) is 5.02 Å². The first-order valence-corrected chi connectivity index (χ1v) is 11.4. The lowest BCUT2D eigenvalue weighted by Crippen LogP contribution is -2.70. The van der Waals surface area contributed by atoms with Crippen LogP contribution in [-0.2, 0) is 25.7 Å². The molecule has 4 aliphatic heterocycles. The van der Waals surface area contributed by atoms with Crippen molar-refractivity contribution in [3.8, 4) is 0 Å². The molecule has 2 bridgehead atoms. The zero-order valence-corrected chi connectivity index (χ0v) is 17.9. The Balaban J connectivity index is 1.37. The molecule has 5 aliphatic rings.